The molecule has 0 atom stereocenters. The molecule has 0 aromatic carbocycles. The number of nitrogens with zero attached hydrogens (tertiary/aromatic N) is 1. The minimum Gasteiger partial charge on any atom is -0.400 e. The van der Waals surface area contributed by atoms with Crippen LogP contribution in [0.2, 0.25) is 0 Å². The van der Waals surface area contributed by atoms with Crippen molar-refractivity contribution >= 4 is 7.12 Å². The first-order chi connectivity index (χ1) is 8.23. The van der Waals surface area contributed by atoms with Gasteiger partial charge in [-0.05, 0) is 53.4 Å². The largest absolute Gasteiger partial charge is 0.490 e. The Balaban J connectivity index is 2.04. The van der Waals surface area contributed by atoms with Gasteiger partial charge >= 0.3 is 7.12 Å². The highest BCUT2D eigenvalue weighted by Gasteiger charge is 2.52. The monoisotopic (exact) mass is 251 g/mol. The third-order valence-corrected chi connectivity index (χ3v) is 4.56. The van der Waals surface area contributed by atoms with E-state index in [-0.39, 0.29) is 18.3 Å². The molecule has 0 aromatic rings. The second kappa shape index (κ2) is 4.66. The van der Waals surface area contributed by atoms with Crippen LogP contribution in [0.5, 0.6) is 0 Å². The quantitative estimate of drug-likeness (QED) is 0.704. The summed E-state index contributed by atoms with van der Waals surface area (Å²) in [6, 6.07) is 0.612. The number of hydrogen-bond acceptors (Lipinski definition) is 3. The highest BCUT2D eigenvalue weighted by Crippen LogP contribution is 2.39. The fourth-order valence-electron chi connectivity index (χ4n) is 2.38. The predicted molar refractivity (Wildman–Crippen MR) is 75.5 cm³/mol. The second-order valence-corrected chi connectivity index (χ2v) is 6.71. The van der Waals surface area contributed by atoms with Crippen LogP contribution in [0.3, 0.4) is 0 Å². The van der Waals surface area contributed by atoms with Crippen molar-refractivity contribution in [2.75, 3.05) is 13.1 Å². The lowest BCUT2D eigenvalue weighted by Crippen LogP contribution is -2.41. The van der Waals surface area contributed by atoms with E-state index in [0.29, 0.717) is 6.04 Å². The molecule has 2 rings (SSSR count). The van der Waals surface area contributed by atoms with Crippen LogP contribution in [0, 0.1) is 0 Å². The summed E-state index contributed by atoms with van der Waals surface area (Å²) in [5.74, 6) is 0. The molecule has 0 radical (unpaired) electrons. The summed E-state index contributed by atoms with van der Waals surface area (Å²) < 4.78 is 12.2. The first-order valence-electron chi connectivity index (χ1n) is 7.01. The third kappa shape index (κ3) is 2.51. The number of hydrogen-bond donors (Lipinski definition) is 0. The topological polar surface area (TPSA) is 21.7 Å². The van der Waals surface area contributed by atoms with Gasteiger partial charge in [-0.1, -0.05) is 6.08 Å². The summed E-state index contributed by atoms with van der Waals surface area (Å²) in [5, 5.41) is 0. The smallest absolute Gasteiger partial charge is 0.400 e. The van der Waals surface area contributed by atoms with Gasteiger partial charge < -0.3 is 9.31 Å². The van der Waals surface area contributed by atoms with Crippen molar-refractivity contribution in [2.45, 2.75) is 65.2 Å². The molecule has 0 aromatic heterocycles. The van der Waals surface area contributed by atoms with E-state index >= 15 is 0 Å². The molecule has 0 aliphatic carbocycles. The standard InChI is InChI=1S/C14H26BNO2/c1-11(2)16-9-7-12(8-10-16)15-17-13(3,4)14(5,6)18-15/h7,11H,8-10H2,1-6H3. The van der Waals surface area contributed by atoms with Gasteiger partial charge in [-0.25, -0.2) is 0 Å². The molecule has 2 heterocycles. The summed E-state index contributed by atoms with van der Waals surface area (Å²) in [4.78, 5) is 2.47. The van der Waals surface area contributed by atoms with Crippen LogP contribution >= 0.6 is 0 Å². The van der Waals surface area contributed by atoms with Crippen LogP contribution in [0.4, 0.5) is 0 Å². The molecule has 0 N–H and O–H groups in total. The van der Waals surface area contributed by atoms with Crippen molar-refractivity contribution in [1.29, 1.82) is 0 Å². The molecule has 1 saturated heterocycles. The molecule has 3 nitrogen and oxygen atoms in total. The maximum absolute atomic E-state index is 6.09. The lowest BCUT2D eigenvalue weighted by Gasteiger charge is -2.32. The van der Waals surface area contributed by atoms with E-state index < -0.39 is 0 Å². The molecule has 0 spiro atoms. The molecule has 0 amide bonds. The van der Waals surface area contributed by atoms with Gasteiger partial charge in [0.2, 0.25) is 0 Å². The zero-order chi connectivity index (χ0) is 13.6. The second-order valence-electron chi connectivity index (χ2n) is 6.71. The summed E-state index contributed by atoms with van der Waals surface area (Å²) in [6.07, 6.45) is 3.33. The van der Waals surface area contributed by atoms with Crippen molar-refractivity contribution < 1.29 is 9.31 Å². The summed E-state index contributed by atoms with van der Waals surface area (Å²) in [6.45, 7) is 15.0. The Morgan fingerprint density at radius 3 is 2.11 bits per heavy atom. The molecule has 0 unspecified atom stereocenters. The SMILES string of the molecule is CC(C)N1CC=C(B2OC(C)(C)C(C)(C)O2)CC1. The average Bonchev–Trinajstić information content (AvgIpc) is 2.48. The van der Waals surface area contributed by atoms with Crippen LogP contribution in [-0.4, -0.2) is 42.4 Å². The summed E-state index contributed by atoms with van der Waals surface area (Å²) >= 11 is 0. The highest BCUT2D eigenvalue weighted by molar-refractivity contribution is 6.54. The lowest BCUT2D eigenvalue weighted by atomic mass is 9.74. The van der Waals surface area contributed by atoms with Crippen LogP contribution in [0.1, 0.15) is 48.0 Å². The van der Waals surface area contributed by atoms with Gasteiger partial charge in [0.05, 0.1) is 11.2 Å². The molecule has 4 heteroatoms. The van der Waals surface area contributed by atoms with Gasteiger partial charge in [-0.2, -0.15) is 0 Å². The first-order valence-corrected chi connectivity index (χ1v) is 7.01. The van der Waals surface area contributed by atoms with Crippen molar-refractivity contribution in [2.24, 2.45) is 0 Å². The average molecular weight is 251 g/mol. The van der Waals surface area contributed by atoms with E-state index in [1.165, 1.54) is 5.47 Å². The van der Waals surface area contributed by atoms with E-state index in [4.69, 9.17) is 9.31 Å². The Morgan fingerprint density at radius 2 is 1.72 bits per heavy atom. The van der Waals surface area contributed by atoms with Crippen molar-refractivity contribution in [3.8, 4) is 0 Å². The van der Waals surface area contributed by atoms with Gasteiger partial charge in [-0.3, -0.25) is 4.90 Å². The zero-order valence-electron chi connectivity index (χ0n) is 12.6. The van der Waals surface area contributed by atoms with Crippen molar-refractivity contribution in [3.63, 3.8) is 0 Å². The fraction of sp³-hybridized carbons (Fsp3) is 0.857. The van der Waals surface area contributed by atoms with Gasteiger partial charge in [0, 0.05) is 19.1 Å². The predicted octanol–water partition coefficient (Wildman–Crippen LogP) is 2.66. The Bertz CT molecular complexity index is 334. The third-order valence-electron chi connectivity index (χ3n) is 4.56. The summed E-state index contributed by atoms with van der Waals surface area (Å²) in [7, 11) is -0.149. The van der Waals surface area contributed by atoms with Crippen molar-refractivity contribution in [1.82, 2.24) is 4.90 Å². The normalized spacial score (nSPS) is 27.7. The van der Waals surface area contributed by atoms with Gasteiger partial charge in [0.25, 0.3) is 0 Å². The maximum atomic E-state index is 6.09. The van der Waals surface area contributed by atoms with Crippen molar-refractivity contribution in [3.05, 3.63) is 11.5 Å². The number of rotatable bonds is 2. The molecule has 1 fully saturated rings. The van der Waals surface area contributed by atoms with Crippen LogP contribution in [0.15, 0.2) is 11.5 Å². The van der Waals surface area contributed by atoms with E-state index in [2.05, 4.69) is 52.5 Å². The fourth-order valence-corrected chi connectivity index (χ4v) is 2.38. The van der Waals surface area contributed by atoms with E-state index in [1.54, 1.807) is 0 Å². The molecule has 18 heavy (non-hydrogen) atoms. The van der Waals surface area contributed by atoms with E-state index in [1.807, 2.05) is 0 Å². The molecule has 2 aliphatic heterocycles. The van der Waals surface area contributed by atoms with Crippen LogP contribution in [-0.2, 0) is 9.31 Å². The van der Waals surface area contributed by atoms with E-state index in [0.717, 1.165) is 19.5 Å². The Kier molecular flexibility index (Phi) is 3.65. The maximum Gasteiger partial charge on any atom is 0.490 e. The molecular weight excluding hydrogens is 225 g/mol. The molecule has 0 bridgehead atoms. The van der Waals surface area contributed by atoms with E-state index in [9.17, 15) is 0 Å². The lowest BCUT2D eigenvalue weighted by molar-refractivity contribution is 0.00578. The highest BCUT2D eigenvalue weighted by atomic mass is 16.7. The van der Waals surface area contributed by atoms with Gasteiger partial charge in [0.1, 0.15) is 0 Å². The Hall–Kier alpha value is -0.315. The Labute approximate surface area is 112 Å². The minimum atomic E-state index is -0.228. The molecule has 0 saturated carbocycles. The van der Waals surface area contributed by atoms with Gasteiger partial charge in [-0.15, -0.1) is 0 Å². The first kappa shape index (κ1) is 14.1. The molecule has 2 aliphatic rings. The molecule has 102 valence electrons. The molecular formula is C14H26BNO2. The minimum absolute atomic E-state index is 0.149. The van der Waals surface area contributed by atoms with Crippen LogP contribution < -0.4 is 0 Å². The summed E-state index contributed by atoms with van der Waals surface area (Å²) in [5.41, 5.74) is 0.854. The van der Waals surface area contributed by atoms with Gasteiger partial charge in [0.15, 0.2) is 0 Å². The Morgan fingerprint density at radius 1 is 1.17 bits per heavy atom. The van der Waals surface area contributed by atoms with Crippen LogP contribution in [0.25, 0.3) is 0 Å². The zero-order valence-corrected chi connectivity index (χ0v) is 12.6.